The molecule has 0 aliphatic rings. The summed E-state index contributed by atoms with van der Waals surface area (Å²) in [6.45, 7) is 4.02. The number of nitrogens with one attached hydrogen (secondary N) is 1. The van der Waals surface area contributed by atoms with Crippen LogP contribution in [0.4, 0.5) is 0 Å². The molecule has 31 heavy (non-hydrogen) atoms. The van der Waals surface area contributed by atoms with Gasteiger partial charge in [-0.15, -0.1) is 0 Å². The Hall–Kier alpha value is -3.04. The first-order chi connectivity index (χ1) is 14.7. The van der Waals surface area contributed by atoms with E-state index in [1.165, 1.54) is 0 Å². The number of nitrogens with zero attached hydrogens (tertiary/aromatic N) is 3. The van der Waals surface area contributed by atoms with E-state index in [4.69, 9.17) is 4.74 Å². The van der Waals surface area contributed by atoms with Crippen LogP contribution in [0.5, 0.6) is 5.88 Å². The monoisotopic (exact) mass is 442 g/mol. The summed E-state index contributed by atoms with van der Waals surface area (Å²) in [5.74, 6) is 0.280. The van der Waals surface area contributed by atoms with Gasteiger partial charge >= 0.3 is 0 Å². The van der Waals surface area contributed by atoms with Crippen molar-refractivity contribution < 1.29 is 17.9 Å². The lowest BCUT2D eigenvalue weighted by atomic mass is 10.0. The molecule has 1 N–H and O–H groups in total. The number of carbonyl (C=O) groups excluding carboxylic acids is 1. The quantitative estimate of drug-likeness (QED) is 0.511. The van der Waals surface area contributed by atoms with Gasteiger partial charge in [0.25, 0.3) is 0 Å². The third kappa shape index (κ3) is 5.77. The topological polar surface area (TPSA) is 103 Å². The Balaban J connectivity index is 1.93. The van der Waals surface area contributed by atoms with E-state index in [0.717, 1.165) is 23.1 Å². The van der Waals surface area contributed by atoms with E-state index in [0.29, 0.717) is 30.2 Å². The van der Waals surface area contributed by atoms with Gasteiger partial charge in [0.15, 0.2) is 5.78 Å². The fourth-order valence-electron chi connectivity index (χ4n) is 3.04. The van der Waals surface area contributed by atoms with E-state index in [1.807, 2.05) is 44.2 Å². The molecular weight excluding hydrogens is 416 g/mol. The van der Waals surface area contributed by atoms with Crippen LogP contribution in [0.3, 0.4) is 0 Å². The van der Waals surface area contributed by atoms with Crippen molar-refractivity contribution in [2.24, 2.45) is 5.92 Å². The van der Waals surface area contributed by atoms with Crippen molar-refractivity contribution in [3.05, 3.63) is 59.9 Å². The van der Waals surface area contributed by atoms with Crippen LogP contribution in [0.15, 0.2) is 48.7 Å². The van der Waals surface area contributed by atoms with Crippen molar-refractivity contribution >= 4 is 15.8 Å². The van der Waals surface area contributed by atoms with Gasteiger partial charge in [-0.05, 0) is 24.1 Å². The van der Waals surface area contributed by atoms with Crippen LogP contribution >= 0.6 is 0 Å². The molecular formula is C22H26N4O4S. The highest BCUT2D eigenvalue weighted by atomic mass is 32.2. The molecule has 2 aromatic heterocycles. The zero-order valence-electron chi connectivity index (χ0n) is 18.0. The predicted octanol–water partition coefficient (Wildman–Crippen LogP) is 2.87. The van der Waals surface area contributed by atoms with Gasteiger partial charge in [0.2, 0.25) is 15.9 Å². The highest BCUT2D eigenvalue weighted by molar-refractivity contribution is 7.88. The Kier molecular flexibility index (Phi) is 6.87. The fraction of sp³-hybridized carbons (Fsp3) is 0.318. The first-order valence-corrected chi connectivity index (χ1v) is 11.8. The molecule has 0 aliphatic heterocycles. The summed E-state index contributed by atoms with van der Waals surface area (Å²) in [6.07, 6.45) is 3.36. The molecule has 0 unspecified atom stereocenters. The van der Waals surface area contributed by atoms with Crippen LogP contribution < -0.4 is 9.46 Å². The molecule has 0 aliphatic carbocycles. The zero-order valence-corrected chi connectivity index (χ0v) is 18.8. The summed E-state index contributed by atoms with van der Waals surface area (Å²) in [7, 11) is -1.66. The normalized spacial score (nSPS) is 11.6. The summed E-state index contributed by atoms with van der Waals surface area (Å²) < 4.78 is 31.7. The van der Waals surface area contributed by atoms with Gasteiger partial charge in [0, 0.05) is 24.1 Å². The maximum Gasteiger partial charge on any atom is 0.213 e. The van der Waals surface area contributed by atoms with Crippen LogP contribution in [0.25, 0.3) is 16.9 Å². The molecule has 3 rings (SSSR count). The highest BCUT2D eigenvalue weighted by Gasteiger charge is 2.19. The van der Waals surface area contributed by atoms with Crippen molar-refractivity contribution in [3.63, 3.8) is 0 Å². The molecule has 8 nitrogen and oxygen atoms in total. The maximum atomic E-state index is 12.6. The number of methoxy groups -OCH3 is 1. The molecule has 3 aromatic rings. The second kappa shape index (κ2) is 9.40. The minimum atomic E-state index is -3.21. The Bertz CT molecular complexity index is 1150. The smallest absolute Gasteiger partial charge is 0.213 e. The summed E-state index contributed by atoms with van der Waals surface area (Å²) in [4.78, 5) is 16.8. The Morgan fingerprint density at radius 1 is 1.16 bits per heavy atom. The van der Waals surface area contributed by atoms with Gasteiger partial charge in [-0.1, -0.05) is 38.1 Å². The van der Waals surface area contributed by atoms with E-state index in [2.05, 4.69) is 14.8 Å². The molecule has 0 radical (unpaired) electrons. The minimum Gasteiger partial charge on any atom is -0.481 e. The summed E-state index contributed by atoms with van der Waals surface area (Å²) in [5, 5.41) is 4.54. The molecule has 164 valence electrons. The number of carbonyl (C=O) groups is 1. The lowest BCUT2D eigenvalue weighted by Crippen LogP contribution is -2.24. The number of Topliss-reactive ketones (excluding diaryl/α,β-unsaturated/α-hetero) is 1. The molecule has 0 bridgehead atoms. The molecule has 1 aromatic carbocycles. The average molecular weight is 443 g/mol. The van der Waals surface area contributed by atoms with E-state index >= 15 is 0 Å². The van der Waals surface area contributed by atoms with Crippen LogP contribution in [0.2, 0.25) is 0 Å². The number of ether oxygens (including phenoxy) is 1. The Morgan fingerprint density at radius 3 is 2.42 bits per heavy atom. The lowest BCUT2D eigenvalue weighted by Gasteiger charge is -2.09. The first-order valence-electron chi connectivity index (χ1n) is 9.86. The van der Waals surface area contributed by atoms with E-state index in [9.17, 15) is 13.2 Å². The van der Waals surface area contributed by atoms with Crippen molar-refractivity contribution in [1.29, 1.82) is 0 Å². The van der Waals surface area contributed by atoms with Crippen molar-refractivity contribution in [3.8, 4) is 22.8 Å². The molecule has 0 saturated heterocycles. The summed E-state index contributed by atoms with van der Waals surface area (Å²) in [5.41, 5.74) is 3.74. The number of ketones is 1. The van der Waals surface area contributed by atoms with Crippen molar-refractivity contribution in [2.75, 3.05) is 19.9 Å². The Morgan fingerprint density at radius 2 is 1.87 bits per heavy atom. The SMILES string of the molecule is COc1ccc(-n2nc(C(=O)C(C)C)cc2-c2ccc(CCNS(C)(=O)=O)cc2)cn1. The number of hydrogen-bond donors (Lipinski definition) is 1. The molecule has 2 heterocycles. The molecule has 0 saturated carbocycles. The van der Waals surface area contributed by atoms with Gasteiger partial charge < -0.3 is 4.74 Å². The van der Waals surface area contributed by atoms with Crippen LogP contribution in [-0.4, -0.2) is 48.9 Å². The number of aromatic nitrogens is 3. The standard InChI is InChI=1S/C22H26N4O4S/c1-15(2)22(27)19-13-20(26(25-19)18-9-10-21(30-3)23-14-18)17-7-5-16(6-8-17)11-12-24-31(4,28)29/h5-10,13-15,24H,11-12H2,1-4H3. The average Bonchev–Trinajstić information content (AvgIpc) is 3.18. The van der Waals surface area contributed by atoms with Gasteiger partial charge in [-0.25, -0.2) is 22.8 Å². The van der Waals surface area contributed by atoms with Gasteiger partial charge in [-0.2, -0.15) is 5.10 Å². The largest absolute Gasteiger partial charge is 0.481 e. The van der Waals surface area contributed by atoms with E-state index < -0.39 is 10.0 Å². The minimum absolute atomic E-state index is 0.0371. The van der Waals surface area contributed by atoms with Gasteiger partial charge in [0.05, 0.1) is 30.9 Å². The van der Waals surface area contributed by atoms with Gasteiger partial charge in [-0.3, -0.25) is 4.79 Å². The van der Waals surface area contributed by atoms with E-state index in [1.54, 1.807) is 30.1 Å². The van der Waals surface area contributed by atoms with Crippen LogP contribution in [-0.2, 0) is 16.4 Å². The van der Waals surface area contributed by atoms with Gasteiger partial charge in [0.1, 0.15) is 5.69 Å². The molecule has 0 amide bonds. The van der Waals surface area contributed by atoms with Crippen molar-refractivity contribution in [2.45, 2.75) is 20.3 Å². The van der Waals surface area contributed by atoms with Crippen LogP contribution in [0, 0.1) is 5.92 Å². The van der Waals surface area contributed by atoms with Crippen molar-refractivity contribution in [1.82, 2.24) is 19.5 Å². The zero-order chi connectivity index (χ0) is 22.6. The third-order valence-electron chi connectivity index (χ3n) is 4.69. The fourth-order valence-corrected chi connectivity index (χ4v) is 3.51. The number of sulfonamides is 1. The second-order valence-corrected chi connectivity index (χ2v) is 9.35. The Labute approximate surface area is 182 Å². The number of hydrogen-bond acceptors (Lipinski definition) is 6. The maximum absolute atomic E-state index is 12.6. The molecule has 0 atom stereocenters. The predicted molar refractivity (Wildman–Crippen MR) is 119 cm³/mol. The highest BCUT2D eigenvalue weighted by Crippen LogP contribution is 2.26. The number of benzene rings is 1. The molecule has 9 heteroatoms. The van der Waals surface area contributed by atoms with Crippen LogP contribution in [0.1, 0.15) is 29.9 Å². The number of rotatable bonds is 9. The summed E-state index contributed by atoms with van der Waals surface area (Å²) in [6, 6.07) is 13.1. The molecule has 0 spiro atoms. The first kappa shape index (κ1) is 22.6. The molecule has 0 fully saturated rings. The number of pyridine rings is 1. The summed E-state index contributed by atoms with van der Waals surface area (Å²) >= 11 is 0. The second-order valence-electron chi connectivity index (χ2n) is 7.52. The third-order valence-corrected chi connectivity index (χ3v) is 5.42. The lowest BCUT2D eigenvalue weighted by molar-refractivity contribution is 0.0934. The van der Waals surface area contributed by atoms with E-state index in [-0.39, 0.29) is 11.7 Å².